The number of hydrogen-bond donors (Lipinski definition) is 3. The fourth-order valence-electron chi connectivity index (χ4n) is 1.75. The largest absolute Gasteiger partial charge is 0.480 e. The van der Waals surface area contributed by atoms with E-state index in [2.05, 4.69) is 10.6 Å². The topological polar surface area (TPSA) is 105 Å². The van der Waals surface area contributed by atoms with Crippen molar-refractivity contribution in [1.29, 1.82) is 0 Å². The van der Waals surface area contributed by atoms with Gasteiger partial charge in [0.1, 0.15) is 19.2 Å². The molecule has 0 heterocycles. The van der Waals surface area contributed by atoms with Crippen LogP contribution in [0.15, 0.2) is 42.0 Å². The van der Waals surface area contributed by atoms with Gasteiger partial charge in [-0.2, -0.15) is 0 Å². The standard InChI is InChI=1S/C17H22N2O5/c1-12(2)8-9-14(16(21)22)19-15(20)10-18-17(23)24-11-13-6-4-3-5-7-13/h3-8,14H,9-11H2,1-2H3,(H,18,23)(H,19,20)(H,21,22)/t14-/m1/s1. The molecular formula is C17H22N2O5. The molecule has 0 bridgehead atoms. The third-order valence-electron chi connectivity index (χ3n) is 3.00. The van der Waals surface area contributed by atoms with Crippen molar-refractivity contribution in [1.82, 2.24) is 10.6 Å². The van der Waals surface area contributed by atoms with Crippen LogP contribution < -0.4 is 10.6 Å². The second-order valence-corrected chi connectivity index (χ2v) is 5.39. The van der Waals surface area contributed by atoms with Crippen LogP contribution in [0.3, 0.4) is 0 Å². The smallest absolute Gasteiger partial charge is 0.407 e. The summed E-state index contributed by atoms with van der Waals surface area (Å²) in [5.41, 5.74) is 1.78. The van der Waals surface area contributed by atoms with E-state index in [1.54, 1.807) is 18.2 Å². The average molecular weight is 334 g/mol. The molecule has 1 atom stereocenters. The molecule has 0 aliphatic carbocycles. The lowest BCUT2D eigenvalue weighted by Gasteiger charge is -2.13. The number of ether oxygens (including phenoxy) is 1. The first-order valence-electron chi connectivity index (χ1n) is 7.48. The van der Waals surface area contributed by atoms with Crippen molar-refractivity contribution in [3.05, 3.63) is 47.5 Å². The molecule has 130 valence electrons. The number of carboxylic acids is 1. The van der Waals surface area contributed by atoms with Gasteiger partial charge in [0.15, 0.2) is 0 Å². The van der Waals surface area contributed by atoms with Gasteiger partial charge >= 0.3 is 12.1 Å². The molecule has 7 nitrogen and oxygen atoms in total. The van der Waals surface area contributed by atoms with Crippen LogP contribution >= 0.6 is 0 Å². The summed E-state index contributed by atoms with van der Waals surface area (Å²) in [6.45, 7) is 3.41. The summed E-state index contributed by atoms with van der Waals surface area (Å²) in [7, 11) is 0. The van der Waals surface area contributed by atoms with E-state index in [1.807, 2.05) is 32.0 Å². The molecule has 0 unspecified atom stereocenters. The number of amides is 2. The van der Waals surface area contributed by atoms with Gasteiger partial charge in [-0.05, 0) is 25.8 Å². The van der Waals surface area contributed by atoms with Gasteiger partial charge < -0.3 is 20.5 Å². The Morgan fingerprint density at radius 1 is 1.21 bits per heavy atom. The second-order valence-electron chi connectivity index (χ2n) is 5.39. The number of carbonyl (C=O) groups excluding carboxylic acids is 2. The molecule has 0 aliphatic rings. The van der Waals surface area contributed by atoms with Gasteiger partial charge in [0, 0.05) is 0 Å². The Hall–Kier alpha value is -2.83. The molecule has 0 fully saturated rings. The maximum Gasteiger partial charge on any atom is 0.407 e. The van der Waals surface area contributed by atoms with E-state index in [9.17, 15) is 14.4 Å². The highest BCUT2D eigenvalue weighted by atomic mass is 16.5. The zero-order valence-corrected chi connectivity index (χ0v) is 13.7. The molecule has 0 aliphatic heterocycles. The van der Waals surface area contributed by atoms with Crippen molar-refractivity contribution in [3.63, 3.8) is 0 Å². The minimum atomic E-state index is -1.13. The Balaban J connectivity index is 2.34. The fraction of sp³-hybridized carbons (Fsp3) is 0.353. The van der Waals surface area contributed by atoms with Crippen LogP contribution in [0.2, 0.25) is 0 Å². The van der Waals surface area contributed by atoms with E-state index in [-0.39, 0.29) is 19.6 Å². The highest BCUT2D eigenvalue weighted by Crippen LogP contribution is 2.01. The van der Waals surface area contributed by atoms with Gasteiger partial charge in [0.05, 0.1) is 0 Å². The molecule has 7 heteroatoms. The zero-order chi connectivity index (χ0) is 17.9. The van der Waals surface area contributed by atoms with Gasteiger partial charge in [-0.15, -0.1) is 0 Å². The number of benzene rings is 1. The average Bonchev–Trinajstić information content (AvgIpc) is 2.55. The summed E-state index contributed by atoms with van der Waals surface area (Å²) in [6, 6.07) is 8.07. The summed E-state index contributed by atoms with van der Waals surface area (Å²) >= 11 is 0. The Morgan fingerprint density at radius 2 is 1.88 bits per heavy atom. The molecule has 0 saturated carbocycles. The molecule has 1 rings (SSSR count). The third-order valence-corrected chi connectivity index (χ3v) is 3.00. The van der Waals surface area contributed by atoms with E-state index in [0.717, 1.165) is 11.1 Å². The monoisotopic (exact) mass is 334 g/mol. The van der Waals surface area contributed by atoms with Crippen LogP contribution in [0.25, 0.3) is 0 Å². The first-order valence-corrected chi connectivity index (χ1v) is 7.48. The normalized spacial score (nSPS) is 11.1. The number of aliphatic carboxylic acids is 1. The number of carboxylic acid groups (broad SMARTS) is 1. The quantitative estimate of drug-likeness (QED) is 0.629. The fourth-order valence-corrected chi connectivity index (χ4v) is 1.75. The minimum Gasteiger partial charge on any atom is -0.480 e. The van der Waals surface area contributed by atoms with Crippen molar-refractivity contribution in [2.75, 3.05) is 6.54 Å². The highest BCUT2D eigenvalue weighted by molar-refractivity contribution is 5.86. The minimum absolute atomic E-state index is 0.0899. The maximum absolute atomic E-state index is 11.7. The second kappa shape index (κ2) is 10.0. The number of rotatable bonds is 8. The molecule has 0 spiro atoms. The molecule has 1 aromatic carbocycles. The molecule has 2 amide bonds. The van der Waals surface area contributed by atoms with Gasteiger partial charge in [-0.3, -0.25) is 4.79 Å². The molecule has 1 aromatic rings. The van der Waals surface area contributed by atoms with Crippen molar-refractivity contribution >= 4 is 18.0 Å². The summed E-state index contributed by atoms with van der Waals surface area (Å²) < 4.78 is 4.95. The molecule has 3 N–H and O–H groups in total. The van der Waals surface area contributed by atoms with Crippen LogP contribution in [0.1, 0.15) is 25.8 Å². The van der Waals surface area contributed by atoms with Gasteiger partial charge in [0.2, 0.25) is 5.91 Å². The Bertz CT molecular complexity index is 594. The Morgan fingerprint density at radius 3 is 2.46 bits per heavy atom. The van der Waals surface area contributed by atoms with Gasteiger partial charge in [-0.1, -0.05) is 42.0 Å². The first-order chi connectivity index (χ1) is 11.4. The van der Waals surface area contributed by atoms with Crippen LogP contribution in [-0.2, 0) is 20.9 Å². The predicted molar refractivity (Wildman–Crippen MR) is 88.2 cm³/mol. The lowest BCUT2D eigenvalue weighted by Crippen LogP contribution is -2.45. The molecule has 0 radical (unpaired) electrons. The lowest BCUT2D eigenvalue weighted by atomic mass is 10.1. The number of alkyl carbamates (subject to hydrolysis) is 1. The van der Waals surface area contributed by atoms with Crippen LogP contribution in [0, 0.1) is 0 Å². The number of hydrogen-bond acceptors (Lipinski definition) is 4. The molecule has 24 heavy (non-hydrogen) atoms. The van der Waals surface area contributed by atoms with Gasteiger partial charge in [-0.25, -0.2) is 9.59 Å². The summed E-state index contributed by atoms with van der Waals surface area (Å²) in [5, 5.41) is 13.7. The molecule has 0 saturated heterocycles. The van der Waals surface area contributed by atoms with Crippen LogP contribution in [0.4, 0.5) is 4.79 Å². The summed E-state index contributed by atoms with van der Waals surface area (Å²) in [6.07, 6.45) is 1.16. The lowest BCUT2D eigenvalue weighted by molar-refractivity contribution is -0.141. The van der Waals surface area contributed by atoms with Crippen LogP contribution in [0.5, 0.6) is 0 Å². The Labute approximate surface area is 140 Å². The predicted octanol–water partition coefficient (Wildman–Crippen LogP) is 1.84. The van der Waals surface area contributed by atoms with Crippen molar-refractivity contribution in [2.45, 2.75) is 32.9 Å². The van der Waals surface area contributed by atoms with Crippen LogP contribution in [-0.4, -0.2) is 35.7 Å². The number of nitrogens with one attached hydrogen (secondary N) is 2. The Kier molecular flexibility index (Phi) is 8.04. The number of allylic oxidation sites excluding steroid dienone is 1. The summed E-state index contributed by atoms with van der Waals surface area (Å²) in [5.74, 6) is -1.73. The van der Waals surface area contributed by atoms with Crippen molar-refractivity contribution < 1.29 is 24.2 Å². The maximum atomic E-state index is 11.7. The third kappa shape index (κ3) is 7.98. The molecule has 0 aromatic heterocycles. The first kappa shape index (κ1) is 19.2. The molecular weight excluding hydrogens is 312 g/mol. The van der Waals surface area contributed by atoms with E-state index < -0.39 is 24.0 Å². The van der Waals surface area contributed by atoms with E-state index >= 15 is 0 Å². The van der Waals surface area contributed by atoms with Gasteiger partial charge in [0.25, 0.3) is 0 Å². The van der Waals surface area contributed by atoms with Crippen molar-refractivity contribution in [3.8, 4) is 0 Å². The van der Waals surface area contributed by atoms with Crippen molar-refractivity contribution in [2.24, 2.45) is 0 Å². The SMILES string of the molecule is CC(C)=CC[C@@H](NC(=O)CNC(=O)OCc1ccccc1)C(=O)O. The van der Waals surface area contributed by atoms with E-state index in [0.29, 0.717) is 0 Å². The summed E-state index contributed by atoms with van der Waals surface area (Å²) in [4.78, 5) is 34.3. The van der Waals surface area contributed by atoms with E-state index in [4.69, 9.17) is 9.84 Å². The van der Waals surface area contributed by atoms with E-state index in [1.165, 1.54) is 0 Å². The zero-order valence-electron chi connectivity index (χ0n) is 13.7. The number of carbonyl (C=O) groups is 3. The highest BCUT2D eigenvalue weighted by Gasteiger charge is 2.18.